The minimum Gasteiger partial charge on any atom is -0.462 e. The summed E-state index contributed by atoms with van der Waals surface area (Å²) < 4.78 is 10.7. The van der Waals surface area contributed by atoms with Crippen LogP contribution in [-0.2, 0) is 19.1 Å². The van der Waals surface area contributed by atoms with E-state index in [-0.39, 0.29) is 25.2 Å². The molecular formula is C61H112O5. The summed E-state index contributed by atoms with van der Waals surface area (Å²) in [5.74, 6) is -0.599. The number of esters is 2. The second-order valence-electron chi connectivity index (χ2n) is 19.7. The third kappa shape index (κ3) is 54.5. The number of aliphatic hydroxyl groups excluding tert-OH is 1. The zero-order chi connectivity index (χ0) is 47.7. The van der Waals surface area contributed by atoms with Crippen molar-refractivity contribution in [3.8, 4) is 0 Å². The molecule has 0 rings (SSSR count). The van der Waals surface area contributed by atoms with E-state index in [1.165, 1.54) is 212 Å². The molecule has 66 heavy (non-hydrogen) atoms. The van der Waals surface area contributed by atoms with Crippen molar-refractivity contribution in [2.24, 2.45) is 0 Å². The van der Waals surface area contributed by atoms with Crippen LogP contribution in [0.3, 0.4) is 0 Å². The van der Waals surface area contributed by atoms with Crippen LogP contribution in [0.15, 0.2) is 48.6 Å². The molecule has 0 bridgehead atoms. The van der Waals surface area contributed by atoms with E-state index in [0.717, 1.165) is 70.6 Å². The van der Waals surface area contributed by atoms with E-state index in [0.29, 0.717) is 12.8 Å². The Morgan fingerprint density at radius 1 is 0.364 bits per heavy atom. The van der Waals surface area contributed by atoms with E-state index < -0.39 is 6.10 Å². The van der Waals surface area contributed by atoms with Crippen LogP contribution in [0.25, 0.3) is 0 Å². The van der Waals surface area contributed by atoms with Gasteiger partial charge in [0.15, 0.2) is 6.10 Å². The standard InChI is InChI=1S/C61H112O5/c1-3-5-7-9-11-13-15-17-19-20-21-22-23-24-25-26-27-28-29-30-31-32-33-34-35-36-37-38-39-40-42-43-45-47-49-51-53-55-60(63)65-58-59(57-62)66-61(64)56-54-52-50-48-46-44-41-18-16-14-12-10-8-6-4-2/h6,8,12,14,18,20-21,41,59,62H,3-5,7,9-11,13,15-17,19,22-40,42-58H2,1-2H3/b8-6-,14-12-,21-20-,41-18-. The molecule has 0 aromatic rings. The van der Waals surface area contributed by atoms with E-state index in [1.807, 2.05) is 0 Å². The van der Waals surface area contributed by atoms with Crippen molar-refractivity contribution in [3.05, 3.63) is 48.6 Å². The van der Waals surface area contributed by atoms with Gasteiger partial charge in [-0.1, -0.05) is 274 Å². The second kappa shape index (κ2) is 57.2. The lowest BCUT2D eigenvalue weighted by Gasteiger charge is -2.15. The highest BCUT2D eigenvalue weighted by Gasteiger charge is 2.16. The SMILES string of the molecule is CC/C=C\C/C=C\C/C=C\CCCCCCCC(=O)OC(CO)COC(=O)CCCCCCCCCCCCCCCCCCCCCCCCCCC/C=C\CCCCCCCCCC. The molecule has 0 aliphatic heterocycles. The van der Waals surface area contributed by atoms with Crippen molar-refractivity contribution in [3.63, 3.8) is 0 Å². The van der Waals surface area contributed by atoms with E-state index in [1.54, 1.807) is 0 Å². The Morgan fingerprint density at radius 3 is 1.00 bits per heavy atom. The third-order valence-corrected chi connectivity index (χ3v) is 13.1. The molecule has 1 atom stereocenters. The number of ether oxygens (including phenoxy) is 2. The molecule has 1 unspecified atom stereocenters. The summed E-state index contributed by atoms with van der Waals surface area (Å²) in [4.78, 5) is 24.4. The highest BCUT2D eigenvalue weighted by molar-refractivity contribution is 5.70. The Balaban J connectivity index is 3.38. The van der Waals surface area contributed by atoms with Gasteiger partial charge in [-0.15, -0.1) is 0 Å². The van der Waals surface area contributed by atoms with Gasteiger partial charge in [-0.2, -0.15) is 0 Å². The van der Waals surface area contributed by atoms with Crippen LogP contribution in [0.5, 0.6) is 0 Å². The van der Waals surface area contributed by atoms with Gasteiger partial charge >= 0.3 is 11.9 Å². The molecule has 0 spiro atoms. The van der Waals surface area contributed by atoms with Crippen LogP contribution in [-0.4, -0.2) is 36.4 Å². The largest absolute Gasteiger partial charge is 0.462 e. The summed E-state index contributed by atoms with van der Waals surface area (Å²) in [5.41, 5.74) is 0. The molecule has 0 fully saturated rings. The number of unbranched alkanes of at least 4 members (excludes halogenated alkanes) is 38. The summed E-state index contributed by atoms with van der Waals surface area (Å²) in [6.07, 6.45) is 75.5. The van der Waals surface area contributed by atoms with Crippen LogP contribution in [0.2, 0.25) is 0 Å². The monoisotopic (exact) mass is 925 g/mol. The molecule has 0 heterocycles. The molecule has 0 saturated carbocycles. The lowest BCUT2D eigenvalue weighted by Crippen LogP contribution is -2.28. The summed E-state index contributed by atoms with van der Waals surface area (Å²) in [7, 11) is 0. The fourth-order valence-electron chi connectivity index (χ4n) is 8.74. The molecule has 0 amide bonds. The van der Waals surface area contributed by atoms with Gasteiger partial charge in [-0.25, -0.2) is 0 Å². The maximum atomic E-state index is 12.2. The second-order valence-corrected chi connectivity index (χ2v) is 19.7. The van der Waals surface area contributed by atoms with Gasteiger partial charge in [-0.3, -0.25) is 9.59 Å². The number of carbonyl (C=O) groups is 2. The number of rotatable bonds is 54. The third-order valence-electron chi connectivity index (χ3n) is 13.1. The van der Waals surface area contributed by atoms with Gasteiger partial charge in [0.2, 0.25) is 0 Å². The quantitative estimate of drug-likeness (QED) is 0.0374. The summed E-state index contributed by atoms with van der Waals surface area (Å²) in [5, 5.41) is 9.62. The van der Waals surface area contributed by atoms with E-state index >= 15 is 0 Å². The minimum absolute atomic E-state index is 0.0705. The normalized spacial score (nSPS) is 12.5. The maximum Gasteiger partial charge on any atom is 0.306 e. The van der Waals surface area contributed by atoms with Crippen molar-refractivity contribution in [1.29, 1.82) is 0 Å². The molecule has 0 saturated heterocycles. The smallest absolute Gasteiger partial charge is 0.306 e. The summed E-state index contributed by atoms with van der Waals surface area (Å²) in [6, 6.07) is 0. The first-order valence-electron chi connectivity index (χ1n) is 29.2. The number of hydrogen-bond donors (Lipinski definition) is 1. The Kier molecular flexibility index (Phi) is 55.3. The van der Waals surface area contributed by atoms with Crippen LogP contribution >= 0.6 is 0 Å². The lowest BCUT2D eigenvalue weighted by molar-refractivity contribution is -0.161. The average Bonchev–Trinajstić information content (AvgIpc) is 3.32. The maximum absolute atomic E-state index is 12.2. The molecule has 5 heteroatoms. The van der Waals surface area contributed by atoms with Crippen LogP contribution in [0.1, 0.15) is 309 Å². The van der Waals surface area contributed by atoms with Crippen LogP contribution in [0.4, 0.5) is 0 Å². The zero-order valence-corrected chi connectivity index (χ0v) is 44.2. The number of allylic oxidation sites excluding steroid dienone is 8. The van der Waals surface area contributed by atoms with Crippen molar-refractivity contribution < 1.29 is 24.2 Å². The van der Waals surface area contributed by atoms with Gasteiger partial charge in [0.1, 0.15) is 6.61 Å². The number of hydrogen-bond acceptors (Lipinski definition) is 5. The van der Waals surface area contributed by atoms with E-state index in [4.69, 9.17) is 9.47 Å². The summed E-state index contributed by atoms with van der Waals surface area (Å²) in [6.45, 7) is 4.04. The molecule has 0 aromatic carbocycles. The molecule has 386 valence electrons. The molecule has 5 nitrogen and oxygen atoms in total. The predicted octanol–water partition coefficient (Wildman–Crippen LogP) is 19.6. The zero-order valence-electron chi connectivity index (χ0n) is 44.2. The van der Waals surface area contributed by atoms with E-state index in [2.05, 4.69) is 62.5 Å². The molecule has 0 aromatic heterocycles. The predicted molar refractivity (Wildman–Crippen MR) is 288 cm³/mol. The van der Waals surface area contributed by atoms with Crippen LogP contribution < -0.4 is 0 Å². The number of aliphatic hydroxyl groups is 1. The first-order valence-corrected chi connectivity index (χ1v) is 29.2. The van der Waals surface area contributed by atoms with E-state index in [9.17, 15) is 14.7 Å². The molecule has 0 aliphatic carbocycles. The van der Waals surface area contributed by atoms with Crippen molar-refractivity contribution >= 4 is 11.9 Å². The summed E-state index contributed by atoms with van der Waals surface area (Å²) >= 11 is 0. The Bertz CT molecular complexity index is 1090. The van der Waals surface area contributed by atoms with Crippen molar-refractivity contribution in [2.75, 3.05) is 13.2 Å². The van der Waals surface area contributed by atoms with Gasteiger partial charge in [0.25, 0.3) is 0 Å². The average molecular weight is 926 g/mol. The van der Waals surface area contributed by atoms with Crippen molar-refractivity contribution in [1.82, 2.24) is 0 Å². The fourth-order valence-corrected chi connectivity index (χ4v) is 8.74. The highest BCUT2D eigenvalue weighted by atomic mass is 16.6. The molecular weight excluding hydrogens is 813 g/mol. The van der Waals surface area contributed by atoms with Gasteiger partial charge in [0, 0.05) is 12.8 Å². The van der Waals surface area contributed by atoms with Crippen molar-refractivity contribution in [2.45, 2.75) is 315 Å². The Morgan fingerprint density at radius 2 is 0.652 bits per heavy atom. The van der Waals surface area contributed by atoms with Gasteiger partial charge in [0.05, 0.1) is 6.61 Å². The highest BCUT2D eigenvalue weighted by Crippen LogP contribution is 2.17. The van der Waals surface area contributed by atoms with Gasteiger partial charge in [-0.05, 0) is 70.6 Å². The first kappa shape index (κ1) is 63.9. The first-order chi connectivity index (χ1) is 32.6. The topological polar surface area (TPSA) is 72.8 Å². The Hall–Kier alpha value is -2.14. The lowest BCUT2D eigenvalue weighted by atomic mass is 10.0. The molecule has 1 N–H and O–H groups in total. The van der Waals surface area contributed by atoms with Gasteiger partial charge < -0.3 is 14.6 Å². The Labute approximate surface area is 411 Å². The molecule has 0 aliphatic rings. The molecule has 0 radical (unpaired) electrons. The van der Waals surface area contributed by atoms with Crippen LogP contribution in [0, 0.1) is 0 Å². The fraction of sp³-hybridized carbons (Fsp3) is 0.836. The minimum atomic E-state index is -0.780. The number of carbonyl (C=O) groups excluding carboxylic acids is 2.